The molecule has 20 heavy (non-hydrogen) atoms. The Morgan fingerprint density at radius 3 is 3.00 bits per heavy atom. The Hall–Kier alpha value is -1.87. The van der Waals surface area contributed by atoms with Crippen molar-refractivity contribution in [2.75, 3.05) is 11.2 Å². The number of thiocarbonyl (C=S) groups is 1. The number of carbonyl (C=O) groups excluding carboxylic acids is 1. The lowest BCUT2D eigenvalue weighted by Gasteiger charge is -2.11. The first-order valence-corrected chi connectivity index (χ1v) is 7.22. The zero-order chi connectivity index (χ0) is 14.5. The number of nitrogens with one attached hydrogen (secondary N) is 2. The Morgan fingerprint density at radius 2 is 2.35 bits per heavy atom. The summed E-state index contributed by atoms with van der Waals surface area (Å²) in [5.74, 6) is 1.28. The summed E-state index contributed by atoms with van der Waals surface area (Å²) in [5.41, 5.74) is 2.87. The molecule has 2 heterocycles. The van der Waals surface area contributed by atoms with Gasteiger partial charge in [0.15, 0.2) is 10.9 Å². The maximum absolute atomic E-state index is 11.8. The number of hydrogen-bond acceptors (Lipinski definition) is 6. The lowest BCUT2D eigenvalue weighted by Crippen LogP contribution is -2.38. The van der Waals surface area contributed by atoms with Gasteiger partial charge in [-0.1, -0.05) is 18.7 Å². The largest absolute Gasteiger partial charge is 0.459 e. The van der Waals surface area contributed by atoms with E-state index in [1.807, 2.05) is 6.92 Å². The van der Waals surface area contributed by atoms with Crippen LogP contribution in [0.5, 0.6) is 0 Å². The summed E-state index contributed by atoms with van der Waals surface area (Å²) in [7, 11) is 0. The molecule has 9 heteroatoms. The van der Waals surface area contributed by atoms with E-state index in [-0.39, 0.29) is 10.9 Å². The van der Waals surface area contributed by atoms with Gasteiger partial charge in [0.2, 0.25) is 5.16 Å². The third kappa shape index (κ3) is 3.36. The van der Waals surface area contributed by atoms with Crippen LogP contribution in [0.1, 0.15) is 23.3 Å². The normalized spacial score (nSPS) is 10.3. The third-order valence-electron chi connectivity index (χ3n) is 2.25. The van der Waals surface area contributed by atoms with E-state index in [0.717, 1.165) is 5.75 Å². The predicted molar refractivity (Wildman–Crippen MR) is 79.3 cm³/mol. The monoisotopic (exact) mass is 311 g/mol. The van der Waals surface area contributed by atoms with Crippen LogP contribution in [0.2, 0.25) is 0 Å². The van der Waals surface area contributed by atoms with Gasteiger partial charge in [0.1, 0.15) is 5.82 Å². The lowest BCUT2D eigenvalue weighted by atomic mass is 10.4. The average molecular weight is 311 g/mol. The molecule has 106 valence electrons. The summed E-state index contributed by atoms with van der Waals surface area (Å²) in [5, 5.41) is 11.3. The van der Waals surface area contributed by atoms with Crippen LogP contribution in [0, 0.1) is 6.92 Å². The molecule has 0 radical (unpaired) electrons. The zero-order valence-corrected chi connectivity index (χ0v) is 12.5. The lowest BCUT2D eigenvalue weighted by molar-refractivity contribution is 0.0950. The van der Waals surface area contributed by atoms with Crippen LogP contribution in [0.3, 0.4) is 0 Å². The predicted octanol–water partition coefficient (Wildman–Crippen LogP) is 1.55. The molecule has 2 aromatic rings. The standard InChI is InChI=1S/C11H13N5O2S2/c1-3-20-11-14-13-7(2)16(11)15-10(19)12-9(17)8-5-4-6-18-8/h4-6H,3H2,1-2H3,(H2,12,15,17,19). The van der Waals surface area contributed by atoms with E-state index in [1.165, 1.54) is 18.0 Å². The van der Waals surface area contributed by atoms with Gasteiger partial charge in [0, 0.05) is 0 Å². The van der Waals surface area contributed by atoms with Crippen LogP contribution < -0.4 is 10.7 Å². The second kappa shape index (κ2) is 6.53. The first-order valence-electron chi connectivity index (χ1n) is 5.82. The van der Waals surface area contributed by atoms with Crippen molar-refractivity contribution in [2.24, 2.45) is 0 Å². The number of aryl methyl sites for hydroxylation is 1. The van der Waals surface area contributed by atoms with Crippen molar-refractivity contribution >= 4 is 35.0 Å². The number of nitrogens with zero attached hydrogens (tertiary/aromatic N) is 3. The Kier molecular flexibility index (Phi) is 4.74. The summed E-state index contributed by atoms with van der Waals surface area (Å²) in [6.07, 6.45) is 1.42. The van der Waals surface area contributed by atoms with Crippen molar-refractivity contribution in [1.29, 1.82) is 0 Å². The Bertz CT molecular complexity index is 608. The summed E-state index contributed by atoms with van der Waals surface area (Å²) < 4.78 is 6.61. The smallest absolute Gasteiger partial charge is 0.293 e. The van der Waals surface area contributed by atoms with Gasteiger partial charge in [-0.3, -0.25) is 15.5 Å². The number of rotatable bonds is 4. The minimum atomic E-state index is -0.414. The topological polar surface area (TPSA) is 85.0 Å². The van der Waals surface area contributed by atoms with Crippen LogP contribution in [0.4, 0.5) is 0 Å². The first kappa shape index (κ1) is 14.5. The number of amides is 1. The minimum absolute atomic E-state index is 0.146. The summed E-state index contributed by atoms with van der Waals surface area (Å²) >= 11 is 6.60. The minimum Gasteiger partial charge on any atom is -0.459 e. The van der Waals surface area contributed by atoms with Crippen molar-refractivity contribution in [3.05, 3.63) is 30.0 Å². The fourth-order valence-corrected chi connectivity index (χ4v) is 2.24. The molecule has 0 atom stereocenters. The van der Waals surface area contributed by atoms with Crippen LogP contribution in [-0.2, 0) is 0 Å². The molecule has 1 amide bonds. The molecule has 2 N–H and O–H groups in total. The van der Waals surface area contributed by atoms with Gasteiger partial charge in [-0.25, -0.2) is 4.68 Å². The molecule has 0 aliphatic carbocycles. The van der Waals surface area contributed by atoms with Crippen LogP contribution >= 0.6 is 24.0 Å². The van der Waals surface area contributed by atoms with Gasteiger partial charge >= 0.3 is 0 Å². The average Bonchev–Trinajstić information content (AvgIpc) is 3.04. The number of aromatic nitrogens is 3. The van der Waals surface area contributed by atoms with E-state index >= 15 is 0 Å². The maximum Gasteiger partial charge on any atom is 0.293 e. The van der Waals surface area contributed by atoms with E-state index in [0.29, 0.717) is 11.0 Å². The molecular weight excluding hydrogens is 298 g/mol. The van der Waals surface area contributed by atoms with Crippen LogP contribution in [0.25, 0.3) is 0 Å². The highest BCUT2D eigenvalue weighted by Gasteiger charge is 2.13. The van der Waals surface area contributed by atoms with Gasteiger partial charge in [-0.2, -0.15) is 0 Å². The second-order valence-electron chi connectivity index (χ2n) is 3.67. The summed E-state index contributed by atoms with van der Waals surface area (Å²) in [6, 6.07) is 3.19. The molecular formula is C11H13N5O2S2. The van der Waals surface area contributed by atoms with Crippen LogP contribution in [0.15, 0.2) is 28.0 Å². The Labute approximate surface area is 125 Å². The molecule has 0 fully saturated rings. The Balaban J connectivity index is 2.01. The molecule has 0 bridgehead atoms. The highest BCUT2D eigenvalue weighted by Crippen LogP contribution is 2.14. The first-order chi connectivity index (χ1) is 9.61. The molecule has 2 rings (SSSR count). The molecule has 0 saturated carbocycles. The molecule has 2 aromatic heterocycles. The van der Waals surface area contributed by atoms with Gasteiger partial charge in [0.05, 0.1) is 6.26 Å². The fraction of sp³-hybridized carbons (Fsp3) is 0.273. The van der Waals surface area contributed by atoms with Gasteiger partial charge < -0.3 is 4.42 Å². The van der Waals surface area contributed by atoms with Crippen molar-refractivity contribution in [2.45, 2.75) is 19.0 Å². The van der Waals surface area contributed by atoms with Crippen molar-refractivity contribution in [3.8, 4) is 0 Å². The van der Waals surface area contributed by atoms with E-state index < -0.39 is 5.91 Å². The fourth-order valence-electron chi connectivity index (χ4n) is 1.40. The molecule has 0 aliphatic rings. The molecule has 0 spiro atoms. The third-order valence-corrected chi connectivity index (χ3v) is 3.26. The number of furan rings is 1. The van der Waals surface area contributed by atoms with E-state index in [9.17, 15) is 4.79 Å². The van der Waals surface area contributed by atoms with Gasteiger partial charge in [0.25, 0.3) is 5.91 Å². The highest BCUT2D eigenvalue weighted by molar-refractivity contribution is 7.99. The number of carbonyl (C=O) groups is 1. The van der Waals surface area contributed by atoms with E-state index in [4.69, 9.17) is 16.6 Å². The summed E-state index contributed by atoms with van der Waals surface area (Å²) in [6.45, 7) is 3.80. The van der Waals surface area contributed by atoms with Crippen molar-refractivity contribution in [1.82, 2.24) is 20.2 Å². The second-order valence-corrected chi connectivity index (χ2v) is 5.31. The highest BCUT2D eigenvalue weighted by atomic mass is 32.2. The molecule has 0 saturated heterocycles. The number of hydrogen-bond donors (Lipinski definition) is 2. The summed E-state index contributed by atoms with van der Waals surface area (Å²) in [4.78, 5) is 11.8. The zero-order valence-electron chi connectivity index (χ0n) is 10.9. The van der Waals surface area contributed by atoms with Crippen molar-refractivity contribution in [3.63, 3.8) is 0 Å². The maximum atomic E-state index is 11.8. The number of thioether (sulfide) groups is 1. The van der Waals surface area contributed by atoms with Gasteiger partial charge in [-0.05, 0) is 37.0 Å². The SMILES string of the molecule is CCSc1nnc(C)n1NC(=S)NC(=O)c1ccco1. The van der Waals surface area contributed by atoms with Gasteiger partial charge in [-0.15, -0.1) is 10.2 Å². The Morgan fingerprint density at radius 1 is 1.55 bits per heavy atom. The van der Waals surface area contributed by atoms with Crippen LogP contribution in [-0.4, -0.2) is 31.6 Å². The molecule has 7 nitrogen and oxygen atoms in total. The quantitative estimate of drug-likeness (QED) is 0.654. The van der Waals surface area contributed by atoms with Crippen molar-refractivity contribution < 1.29 is 9.21 Å². The van der Waals surface area contributed by atoms with E-state index in [2.05, 4.69) is 20.9 Å². The molecule has 0 aromatic carbocycles. The molecule has 0 unspecified atom stereocenters. The van der Waals surface area contributed by atoms with E-state index in [1.54, 1.807) is 23.7 Å². The molecule has 0 aliphatic heterocycles.